The van der Waals surface area contributed by atoms with Gasteiger partial charge in [-0.25, -0.2) is 4.98 Å². The number of nitrogens with zero attached hydrogens (tertiary/aromatic N) is 1. The van der Waals surface area contributed by atoms with Crippen molar-refractivity contribution in [2.24, 2.45) is 0 Å². The van der Waals surface area contributed by atoms with Crippen LogP contribution in [0, 0.1) is 0 Å². The predicted octanol–water partition coefficient (Wildman–Crippen LogP) is 7.05. The molecule has 1 heterocycles. The lowest BCUT2D eigenvalue weighted by atomic mass is 10.0. The number of fused-ring (bicyclic) bond motifs is 1. The molecule has 0 aliphatic rings. The number of rotatable bonds is 6. The summed E-state index contributed by atoms with van der Waals surface area (Å²) >= 11 is 0. The summed E-state index contributed by atoms with van der Waals surface area (Å²) in [5, 5.41) is 4.53. The predicted molar refractivity (Wildman–Crippen MR) is 140 cm³/mol. The first-order valence-corrected chi connectivity index (χ1v) is 11.8. The molecule has 182 valence electrons. The molecule has 8 heteroatoms. The Bertz CT molecular complexity index is 1310. The zero-order valence-electron chi connectivity index (χ0n) is 19.8. The highest BCUT2D eigenvalue weighted by Gasteiger charge is 2.24. The van der Waals surface area contributed by atoms with Gasteiger partial charge in [-0.1, -0.05) is 41.3 Å². The second kappa shape index (κ2) is 11.2. The highest BCUT2D eigenvalue weighted by atomic mass is 31.0. The highest BCUT2D eigenvalue weighted by Crippen LogP contribution is 2.36. The van der Waals surface area contributed by atoms with Crippen molar-refractivity contribution in [3.05, 3.63) is 95.7 Å². The van der Waals surface area contributed by atoms with E-state index in [-0.39, 0.29) is 17.5 Å². The first-order chi connectivity index (χ1) is 16.7. The van der Waals surface area contributed by atoms with Crippen LogP contribution in [0.25, 0.3) is 10.8 Å². The molecule has 5 nitrogen and oxygen atoms in total. The summed E-state index contributed by atoms with van der Waals surface area (Å²) in [7, 11) is 1.52. The molecule has 0 fully saturated rings. The zero-order valence-corrected chi connectivity index (χ0v) is 20.9. The van der Waals surface area contributed by atoms with Crippen LogP contribution < -0.4 is 15.8 Å². The molecule has 0 spiro atoms. The number of amides is 1. The molecule has 1 aromatic heterocycles. The van der Waals surface area contributed by atoms with Crippen molar-refractivity contribution in [3.63, 3.8) is 0 Å². The Morgan fingerprint density at radius 2 is 1.77 bits per heavy atom. The van der Waals surface area contributed by atoms with Crippen molar-refractivity contribution in [1.29, 1.82) is 0 Å². The van der Waals surface area contributed by atoms with Crippen LogP contribution in [-0.2, 0) is 5.66 Å². The van der Waals surface area contributed by atoms with E-state index >= 15 is 0 Å². The maximum absolute atomic E-state index is 13.4. The molecule has 0 aliphatic carbocycles. The van der Waals surface area contributed by atoms with Crippen molar-refractivity contribution >= 4 is 31.7 Å². The van der Waals surface area contributed by atoms with E-state index in [1.807, 2.05) is 39.0 Å². The monoisotopic (exact) mass is 495 g/mol. The lowest BCUT2D eigenvalue weighted by Gasteiger charge is -2.16. The van der Waals surface area contributed by atoms with Crippen molar-refractivity contribution in [3.8, 4) is 11.5 Å². The van der Waals surface area contributed by atoms with E-state index < -0.39 is 5.66 Å². The topological polar surface area (TPSA) is 77.2 Å². The standard InChI is InChI=1S/C25H22F2N3O2P.C2H6/c1-15(20-5-3-13-29-23(20)28)30-24(31)17-7-12-21-16(14-17)4-2-6-22(21)32-19-10-8-18(9-11-19)25(26,27)33;1-2/h2-15H,33H2,1H3,(H2,28,29)(H,30,31);1-2H3. The molecule has 3 N–H and O–H groups in total. The van der Waals surface area contributed by atoms with Crippen LogP contribution in [0.5, 0.6) is 11.5 Å². The largest absolute Gasteiger partial charge is 0.457 e. The third-order valence-corrected chi connectivity index (χ3v) is 5.59. The number of alkyl halides is 2. The normalized spacial score (nSPS) is 11.8. The summed E-state index contributed by atoms with van der Waals surface area (Å²) in [5.74, 6) is 1.12. The Hall–Kier alpha value is -3.57. The third kappa shape index (κ3) is 6.31. The average Bonchev–Trinajstić information content (AvgIpc) is 2.85. The molecule has 0 bridgehead atoms. The fraction of sp³-hybridized carbons (Fsp3) is 0.185. The molecule has 4 aromatic rings. The van der Waals surface area contributed by atoms with Gasteiger partial charge in [-0.05, 0) is 66.9 Å². The van der Waals surface area contributed by atoms with E-state index in [1.165, 1.54) is 33.5 Å². The number of pyridine rings is 1. The number of aromatic nitrogens is 1. The summed E-state index contributed by atoms with van der Waals surface area (Å²) in [5.41, 5.74) is 4.03. The summed E-state index contributed by atoms with van der Waals surface area (Å²) < 4.78 is 32.7. The number of anilines is 1. The van der Waals surface area contributed by atoms with Crippen LogP contribution in [-0.4, -0.2) is 10.9 Å². The van der Waals surface area contributed by atoms with Gasteiger partial charge in [-0.2, -0.15) is 8.78 Å². The number of nitrogen functional groups attached to an aromatic ring is 1. The van der Waals surface area contributed by atoms with E-state index in [4.69, 9.17) is 10.5 Å². The van der Waals surface area contributed by atoms with Crippen molar-refractivity contribution < 1.29 is 18.3 Å². The lowest BCUT2D eigenvalue weighted by Crippen LogP contribution is -2.27. The minimum atomic E-state index is -2.99. The summed E-state index contributed by atoms with van der Waals surface area (Å²) in [4.78, 5) is 16.9. The van der Waals surface area contributed by atoms with Crippen molar-refractivity contribution in [1.82, 2.24) is 10.3 Å². The van der Waals surface area contributed by atoms with Gasteiger partial charge in [0.25, 0.3) is 11.6 Å². The number of halogens is 2. The number of benzene rings is 3. The SMILES string of the molecule is CC.CC(NC(=O)c1ccc2c(Oc3ccc(C(F)(F)P)cc3)cccc2c1)c1cccnc1N. The van der Waals surface area contributed by atoms with Crippen LogP contribution in [0.3, 0.4) is 0 Å². The van der Waals surface area contributed by atoms with Gasteiger partial charge in [0.1, 0.15) is 17.3 Å². The molecular weight excluding hydrogens is 467 g/mol. The maximum atomic E-state index is 13.4. The minimum absolute atomic E-state index is 0.115. The summed E-state index contributed by atoms with van der Waals surface area (Å²) in [6.45, 7) is 5.84. The molecule has 0 saturated carbocycles. The third-order valence-electron chi connectivity index (χ3n) is 5.25. The molecule has 0 aliphatic heterocycles. The Morgan fingerprint density at radius 3 is 2.43 bits per heavy atom. The van der Waals surface area contributed by atoms with Gasteiger partial charge in [0.2, 0.25) is 0 Å². The first kappa shape index (κ1) is 26.0. The fourth-order valence-electron chi connectivity index (χ4n) is 3.51. The quantitative estimate of drug-likeness (QED) is 0.281. The van der Waals surface area contributed by atoms with Crippen LogP contribution in [0.15, 0.2) is 79.0 Å². The fourth-order valence-corrected chi connectivity index (χ4v) is 3.70. The number of nitrogens with one attached hydrogen (secondary N) is 1. The number of carbonyl (C=O) groups excluding carboxylic acids is 1. The smallest absolute Gasteiger partial charge is 0.283 e. The van der Waals surface area contributed by atoms with Gasteiger partial charge in [0, 0.05) is 28.3 Å². The van der Waals surface area contributed by atoms with Gasteiger partial charge in [0.15, 0.2) is 0 Å². The van der Waals surface area contributed by atoms with Crippen LogP contribution in [0.1, 0.15) is 48.3 Å². The number of hydrogen-bond donors (Lipinski definition) is 2. The average molecular weight is 496 g/mol. The van der Waals surface area contributed by atoms with E-state index in [1.54, 1.807) is 36.5 Å². The number of hydrogen-bond acceptors (Lipinski definition) is 4. The first-order valence-electron chi connectivity index (χ1n) is 11.2. The number of carbonyl (C=O) groups is 1. The van der Waals surface area contributed by atoms with Gasteiger partial charge < -0.3 is 15.8 Å². The Morgan fingerprint density at radius 1 is 1.06 bits per heavy atom. The van der Waals surface area contributed by atoms with Gasteiger partial charge >= 0.3 is 0 Å². The van der Waals surface area contributed by atoms with Crippen LogP contribution >= 0.6 is 9.24 Å². The Labute approximate surface area is 205 Å². The van der Waals surface area contributed by atoms with E-state index in [2.05, 4.69) is 10.3 Å². The molecule has 2 unspecified atom stereocenters. The second-order valence-electron chi connectivity index (χ2n) is 7.61. The van der Waals surface area contributed by atoms with Gasteiger partial charge in [0.05, 0.1) is 6.04 Å². The molecule has 3 aromatic carbocycles. The van der Waals surface area contributed by atoms with Crippen molar-refractivity contribution in [2.75, 3.05) is 5.73 Å². The molecule has 4 rings (SSSR count). The van der Waals surface area contributed by atoms with E-state index in [0.717, 1.165) is 16.3 Å². The molecule has 1 amide bonds. The molecule has 35 heavy (non-hydrogen) atoms. The van der Waals surface area contributed by atoms with Gasteiger partial charge in [-0.3, -0.25) is 4.79 Å². The number of nitrogens with two attached hydrogens (primary N) is 1. The highest BCUT2D eigenvalue weighted by molar-refractivity contribution is 7.17. The molecule has 0 saturated heterocycles. The molecular formula is C27H28F2N3O2P. The molecule has 0 radical (unpaired) electrons. The van der Waals surface area contributed by atoms with E-state index in [0.29, 0.717) is 22.9 Å². The summed E-state index contributed by atoms with van der Waals surface area (Å²) in [6, 6.07) is 19.7. The Balaban J connectivity index is 0.00000167. The summed E-state index contributed by atoms with van der Waals surface area (Å²) in [6.07, 6.45) is 1.60. The zero-order chi connectivity index (χ0) is 25.6. The van der Waals surface area contributed by atoms with Gasteiger partial charge in [-0.15, -0.1) is 0 Å². The molecule has 2 atom stereocenters. The lowest BCUT2D eigenvalue weighted by molar-refractivity contribution is 0.0939. The van der Waals surface area contributed by atoms with Crippen LogP contribution in [0.4, 0.5) is 14.6 Å². The number of ether oxygens (including phenoxy) is 1. The van der Waals surface area contributed by atoms with Crippen molar-refractivity contribution in [2.45, 2.75) is 32.5 Å². The van der Waals surface area contributed by atoms with E-state index in [9.17, 15) is 13.6 Å². The van der Waals surface area contributed by atoms with Crippen LogP contribution in [0.2, 0.25) is 0 Å². The second-order valence-corrected chi connectivity index (χ2v) is 8.34. The Kier molecular flexibility index (Phi) is 8.36. The minimum Gasteiger partial charge on any atom is -0.457 e. The maximum Gasteiger partial charge on any atom is 0.283 e.